The SMILES string of the molecule is CCC(Oc1cc(C)c(N(C=NC)CC)cc1C(F)F)[Si](C)(C)C. The molecule has 1 atom stereocenters. The van der Waals surface area contributed by atoms with Crippen LogP contribution >= 0.6 is 0 Å². The number of halogens is 2. The maximum atomic E-state index is 13.6. The lowest BCUT2D eigenvalue weighted by Gasteiger charge is -2.30. The lowest BCUT2D eigenvalue weighted by Crippen LogP contribution is -2.42. The quantitative estimate of drug-likeness (QED) is 0.351. The van der Waals surface area contributed by atoms with Crippen LogP contribution in [0.1, 0.15) is 37.8 Å². The van der Waals surface area contributed by atoms with Gasteiger partial charge < -0.3 is 9.64 Å². The van der Waals surface area contributed by atoms with Gasteiger partial charge in [0.1, 0.15) is 5.75 Å². The van der Waals surface area contributed by atoms with E-state index in [9.17, 15) is 8.78 Å². The predicted molar refractivity (Wildman–Crippen MR) is 102 cm³/mol. The van der Waals surface area contributed by atoms with Crippen molar-refractivity contribution in [3.8, 4) is 5.75 Å². The summed E-state index contributed by atoms with van der Waals surface area (Å²) in [4.78, 5) is 5.86. The molecule has 0 N–H and O–H groups in total. The Morgan fingerprint density at radius 2 is 1.88 bits per heavy atom. The molecule has 0 amide bonds. The Labute approximate surface area is 145 Å². The van der Waals surface area contributed by atoms with Crippen LogP contribution in [0.15, 0.2) is 17.1 Å². The molecule has 0 fully saturated rings. The maximum absolute atomic E-state index is 13.6. The molecule has 0 bridgehead atoms. The van der Waals surface area contributed by atoms with Gasteiger partial charge in [-0.15, -0.1) is 0 Å². The van der Waals surface area contributed by atoms with Crippen LogP contribution in [0.3, 0.4) is 0 Å². The van der Waals surface area contributed by atoms with Gasteiger partial charge in [-0.05, 0) is 38.0 Å². The minimum atomic E-state index is -2.57. The summed E-state index contributed by atoms with van der Waals surface area (Å²) in [6, 6.07) is 3.28. The van der Waals surface area contributed by atoms with Gasteiger partial charge in [-0.2, -0.15) is 0 Å². The number of ether oxygens (including phenoxy) is 1. The number of benzene rings is 1. The molecule has 1 rings (SSSR count). The minimum absolute atomic E-state index is 0.0136. The van der Waals surface area contributed by atoms with Gasteiger partial charge in [0.25, 0.3) is 6.43 Å². The van der Waals surface area contributed by atoms with Crippen molar-refractivity contribution in [2.24, 2.45) is 4.99 Å². The molecule has 1 unspecified atom stereocenters. The summed E-state index contributed by atoms with van der Waals surface area (Å²) in [6.07, 6.45) is -0.0894. The fourth-order valence-corrected chi connectivity index (χ4v) is 4.45. The summed E-state index contributed by atoms with van der Waals surface area (Å²) < 4.78 is 33.3. The van der Waals surface area contributed by atoms with Crippen molar-refractivity contribution in [2.45, 2.75) is 59.0 Å². The molecule has 136 valence electrons. The number of hydrogen-bond donors (Lipinski definition) is 0. The Morgan fingerprint density at radius 3 is 2.29 bits per heavy atom. The van der Waals surface area contributed by atoms with Gasteiger partial charge in [-0.1, -0.05) is 26.6 Å². The lowest BCUT2D eigenvalue weighted by atomic mass is 10.1. The van der Waals surface area contributed by atoms with Crippen molar-refractivity contribution in [1.29, 1.82) is 0 Å². The molecule has 1 aromatic carbocycles. The third-order valence-electron chi connectivity index (χ3n) is 4.07. The topological polar surface area (TPSA) is 24.8 Å². The van der Waals surface area contributed by atoms with Crippen molar-refractivity contribution in [1.82, 2.24) is 0 Å². The van der Waals surface area contributed by atoms with Crippen molar-refractivity contribution < 1.29 is 13.5 Å². The summed E-state index contributed by atoms with van der Waals surface area (Å²) in [5, 5.41) is 0. The van der Waals surface area contributed by atoms with Crippen LogP contribution < -0.4 is 9.64 Å². The Morgan fingerprint density at radius 1 is 1.25 bits per heavy atom. The molecule has 0 aliphatic carbocycles. The fourth-order valence-electron chi connectivity index (χ4n) is 2.75. The van der Waals surface area contributed by atoms with E-state index in [4.69, 9.17) is 4.74 Å². The van der Waals surface area contributed by atoms with Gasteiger partial charge in [0.15, 0.2) is 0 Å². The maximum Gasteiger partial charge on any atom is 0.267 e. The summed E-state index contributed by atoms with van der Waals surface area (Å²) in [7, 11) is 0.0717. The van der Waals surface area contributed by atoms with Gasteiger partial charge in [0.2, 0.25) is 0 Å². The third kappa shape index (κ3) is 5.03. The molecule has 1 aromatic rings. The highest BCUT2D eigenvalue weighted by Crippen LogP contribution is 2.36. The van der Waals surface area contributed by atoms with Crippen molar-refractivity contribution in [3.63, 3.8) is 0 Å². The van der Waals surface area contributed by atoms with E-state index in [-0.39, 0.29) is 11.3 Å². The smallest absolute Gasteiger partial charge is 0.267 e. The van der Waals surface area contributed by atoms with E-state index in [2.05, 4.69) is 24.6 Å². The van der Waals surface area contributed by atoms with Crippen LogP contribution in [0, 0.1) is 6.92 Å². The second-order valence-electron chi connectivity index (χ2n) is 7.02. The summed E-state index contributed by atoms with van der Waals surface area (Å²) in [5.41, 5.74) is 1.61. The number of aliphatic imine (C=N–C) groups is 1. The Kier molecular flexibility index (Phi) is 7.39. The van der Waals surface area contributed by atoms with E-state index in [0.29, 0.717) is 12.3 Å². The minimum Gasteiger partial charge on any atom is -0.494 e. The molecular formula is C18H30F2N2OSi. The standard InChI is InChI=1S/C18H30F2N2OSi/c1-8-17(24(5,6)7)23-16-10-13(3)15(11-14(16)18(19)20)22(9-2)12-21-4/h10-12,17-18H,8-9H2,1-7H3. The van der Waals surface area contributed by atoms with Crippen LogP contribution in [-0.4, -0.2) is 33.7 Å². The van der Waals surface area contributed by atoms with E-state index in [0.717, 1.165) is 17.7 Å². The van der Waals surface area contributed by atoms with Crippen LogP contribution in [0.2, 0.25) is 19.6 Å². The normalized spacial score (nSPS) is 13.6. The molecular weight excluding hydrogens is 326 g/mol. The second-order valence-corrected chi connectivity index (χ2v) is 12.4. The van der Waals surface area contributed by atoms with Crippen LogP contribution in [-0.2, 0) is 0 Å². The first-order valence-corrected chi connectivity index (χ1v) is 12.0. The molecule has 0 heterocycles. The first-order chi connectivity index (χ1) is 11.1. The molecule has 0 saturated carbocycles. The van der Waals surface area contributed by atoms with Crippen molar-refractivity contribution in [3.05, 3.63) is 23.3 Å². The van der Waals surface area contributed by atoms with E-state index in [1.165, 1.54) is 6.07 Å². The highest BCUT2D eigenvalue weighted by molar-refractivity contribution is 6.77. The average Bonchev–Trinajstić information content (AvgIpc) is 2.49. The van der Waals surface area contributed by atoms with E-state index >= 15 is 0 Å². The summed E-state index contributed by atoms with van der Waals surface area (Å²) in [5.74, 6) is 0.310. The van der Waals surface area contributed by atoms with Gasteiger partial charge >= 0.3 is 0 Å². The van der Waals surface area contributed by atoms with Crippen LogP contribution in [0.5, 0.6) is 5.75 Å². The van der Waals surface area contributed by atoms with Gasteiger partial charge in [0, 0.05) is 19.3 Å². The van der Waals surface area contributed by atoms with E-state index < -0.39 is 14.5 Å². The zero-order valence-corrected chi connectivity index (χ0v) is 16.9. The molecule has 0 spiro atoms. The number of alkyl halides is 2. The van der Waals surface area contributed by atoms with E-state index in [1.807, 2.05) is 25.7 Å². The molecule has 0 aliphatic heterocycles. The average molecular weight is 357 g/mol. The largest absolute Gasteiger partial charge is 0.494 e. The van der Waals surface area contributed by atoms with Gasteiger partial charge in [-0.3, -0.25) is 4.99 Å². The molecule has 0 radical (unpaired) electrons. The zero-order chi connectivity index (χ0) is 18.5. The van der Waals surface area contributed by atoms with Crippen LogP contribution in [0.25, 0.3) is 0 Å². The highest BCUT2D eigenvalue weighted by Gasteiger charge is 2.29. The van der Waals surface area contributed by atoms with Crippen molar-refractivity contribution >= 4 is 20.1 Å². The number of rotatable bonds is 8. The Bertz CT molecular complexity index is 571. The summed E-state index contributed by atoms with van der Waals surface area (Å²) >= 11 is 0. The molecule has 0 aliphatic rings. The van der Waals surface area contributed by atoms with Crippen molar-refractivity contribution in [2.75, 3.05) is 18.5 Å². The Hall–Kier alpha value is -1.43. The van der Waals surface area contributed by atoms with Gasteiger partial charge in [0.05, 0.1) is 25.7 Å². The molecule has 24 heavy (non-hydrogen) atoms. The Balaban J connectivity index is 3.34. The molecule has 6 heteroatoms. The molecule has 0 saturated heterocycles. The monoisotopic (exact) mass is 356 g/mol. The fraction of sp³-hybridized carbons (Fsp3) is 0.611. The van der Waals surface area contributed by atoms with E-state index in [1.54, 1.807) is 19.5 Å². The molecule has 3 nitrogen and oxygen atoms in total. The summed E-state index contributed by atoms with van der Waals surface area (Å²) in [6.45, 7) is 13.2. The number of hydrogen-bond acceptors (Lipinski definition) is 2. The zero-order valence-electron chi connectivity index (χ0n) is 15.9. The third-order valence-corrected chi connectivity index (χ3v) is 6.53. The van der Waals surface area contributed by atoms with Gasteiger partial charge in [-0.25, -0.2) is 8.78 Å². The first-order valence-electron chi connectivity index (χ1n) is 8.43. The number of nitrogens with zero attached hydrogens (tertiary/aromatic N) is 2. The number of aryl methyl sites for hydroxylation is 1. The molecule has 0 aromatic heterocycles. The highest BCUT2D eigenvalue weighted by atomic mass is 28.3. The first kappa shape index (κ1) is 20.6. The number of anilines is 1. The second kappa shape index (κ2) is 8.60. The van der Waals surface area contributed by atoms with Crippen LogP contribution in [0.4, 0.5) is 14.5 Å². The lowest BCUT2D eigenvalue weighted by molar-refractivity contribution is 0.143. The predicted octanol–water partition coefficient (Wildman–Crippen LogP) is 5.45.